The summed E-state index contributed by atoms with van der Waals surface area (Å²) in [5.74, 6) is 0.994. The molecule has 1 aliphatic rings. The zero-order chi connectivity index (χ0) is 14.7. The molecule has 1 aromatic heterocycles. The van der Waals surface area contributed by atoms with Crippen molar-refractivity contribution >= 4 is 12.6 Å². The lowest BCUT2D eigenvalue weighted by Gasteiger charge is -2.31. The first kappa shape index (κ1) is 14.6. The fourth-order valence-electron chi connectivity index (χ4n) is 2.58. The van der Waals surface area contributed by atoms with Crippen LogP contribution in [0.3, 0.4) is 0 Å². The normalized spacial score (nSPS) is 17.2. The van der Waals surface area contributed by atoms with Gasteiger partial charge in [0, 0.05) is 26.2 Å². The van der Waals surface area contributed by atoms with Crippen molar-refractivity contribution < 1.29 is 0 Å². The van der Waals surface area contributed by atoms with Crippen molar-refractivity contribution in [2.45, 2.75) is 18.2 Å². The molecule has 1 aromatic carbocycles. The molecular formula is C15H21N5S. The van der Waals surface area contributed by atoms with E-state index in [-0.39, 0.29) is 0 Å². The Hall–Kier alpha value is -1.37. The van der Waals surface area contributed by atoms with E-state index in [9.17, 15) is 0 Å². The molecule has 5 nitrogen and oxygen atoms in total. The van der Waals surface area contributed by atoms with E-state index >= 15 is 0 Å². The molecule has 0 spiro atoms. The van der Waals surface area contributed by atoms with Gasteiger partial charge in [0.2, 0.25) is 0 Å². The van der Waals surface area contributed by atoms with Crippen molar-refractivity contribution in [3.05, 3.63) is 41.7 Å². The highest BCUT2D eigenvalue weighted by Gasteiger charge is 2.18. The van der Waals surface area contributed by atoms with Crippen LogP contribution in [-0.4, -0.2) is 57.8 Å². The predicted molar refractivity (Wildman–Crippen MR) is 85.6 cm³/mol. The molecule has 0 aliphatic carbocycles. The Balaban J connectivity index is 1.71. The number of hydrogen-bond acceptors (Lipinski definition) is 5. The Kier molecular flexibility index (Phi) is 4.57. The summed E-state index contributed by atoms with van der Waals surface area (Å²) in [5, 5.41) is 9.12. The van der Waals surface area contributed by atoms with Crippen LogP contribution in [0.5, 0.6) is 0 Å². The van der Waals surface area contributed by atoms with E-state index in [1.165, 1.54) is 5.56 Å². The van der Waals surface area contributed by atoms with Crippen LogP contribution in [0.4, 0.5) is 0 Å². The number of aromatic nitrogens is 3. The molecule has 0 bridgehead atoms. The highest BCUT2D eigenvalue weighted by Crippen LogP contribution is 2.13. The molecule has 1 aliphatic heterocycles. The smallest absolute Gasteiger partial charge is 0.188 e. The molecule has 0 atom stereocenters. The molecule has 2 heterocycles. The molecular weight excluding hydrogens is 282 g/mol. The quantitative estimate of drug-likeness (QED) is 0.866. The first-order valence-electron chi connectivity index (χ1n) is 7.28. The van der Waals surface area contributed by atoms with Crippen molar-refractivity contribution in [1.82, 2.24) is 24.6 Å². The van der Waals surface area contributed by atoms with Gasteiger partial charge in [-0.3, -0.25) is 4.90 Å². The van der Waals surface area contributed by atoms with Crippen LogP contribution in [0.15, 0.2) is 35.5 Å². The fraction of sp³-hybridized carbons (Fsp3) is 0.467. The zero-order valence-corrected chi connectivity index (χ0v) is 13.2. The molecule has 21 heavy (non-hydrogen) atoms. The van der Waals surface area contributed by atoms with Crippen LogP contribution >= 0.6 is 12.6 Å². The second kappa shape index (κ2) is 6.60. The van der Waals surface area contributed by atoms with E-state index in [0.717, 1.165) is 45.1 Å². The van der Waals surface area contributed by atoms with Gasteiger partial charge >= 0.3 is 0 Å². The van der Waals surface area contributed by atoms with Gasteiger partial charge in [-0.05, 0) is 12.6 Å². The summed E-state index contributed by atoms with van der Waals surface area (Å²) in [6.07, 6.45) is 0. The molecule has 112 valence electrons. The van der Waals surface area contributed by atoms with Gasteiger partial charge in [0.1, 0.15) is 5.82 Å². The van der Waals surface area contributed by atoms with Gasteiger partial charge in [-0.25, -0.2) is 0 Å². The molecule has 0 N–H and O–H groups in total. The molecule has 0 radical (unpaired) electrons. The summed E-state index contributed by atoms with van der Waals surface area (Å²) in [5.41, 5.74) is 1.24. The minimum Gasteiger partial charge on any atom is -0.304 e. The Morgan fingerprint density at radius 3 is 2.43 bits per heavy atom. The second-order valence-corrected chi connectivity index (χ2v) is 5.97. The maximum absolute atomic E-state index is 4.44. The van der Waals surface area contributed by atoms with Gasteiger partial charge in [0.25, 0.3) is 0 Å². The SMILES string of the molecule is CN1CCN(Cc2nnc(S)n2Cc2ccccc2)CC1. The summed E-state index contributed by atoms with van der Waals surface area (Å²) < 4.78 is 2.09. The van der Waals surface area contributed by atoms with Gasteiger partial charge in [-0.2, -0.15) is 0 Å². The van der Waals surface area contributed by atoms with Crippen LogP contribution < -0.4 is 0 Å². The van der Waals surface area contributed by atoms with Crippen LogP contribution in [0.25, 0.3) is 0 Å². The lowest BCUT2D eigenvalue weighted by molar-refractivity contribution is 0.144. The third kappa shape index (κ3) is 3.64. The van der Waals surface area contributed by atoms with E-state index < -0.39 is 0 Å². The Morgan fingerprint density at radius 1 is 1.00 bits per heavy atom. The molecule has 6 heteroatoms. The Labute approximate surface area is 131 Å². The molecule has 0 amide bonds. The monoisotopic (exact) mass is 303 g/mol. The average Bonchev–Trinajstić information content (AvgIpc) is 2.84. The first-order chi connectivity index (χ1) is 10.2. The third-order valence-electron chi connectivity index (χ3n) is 3.95. The molecule has 1 saturated heterocycles. The Bertz CT molecular complexity index is 575. The average molecular weight is 303 g/mol. The topological polar surface area (TPSA) is 37.2 Å². The summed E-state index contributed by atoms with van der Waals surface area (Å²) in [6, 6.07) is 10.4. The second-order valence-electron chi connectivity index (χ2n) is 5.57. The maximum atomic E-state index is 4.44. The number of hydrogen-bond donors (Lipinski definition) is 1. The van der Waals surface area contributed by atoms with Crippen molar-refractivity contribution in [3.63, 3.8) is 0 Å². The number of likely N-dealkylation sites (N-methyl/N-ethyl adjacent to an activating group) is 1. The summed E-state index contributed by atoms with van der Waals surface area (Å²) in [4.78, 5) is 4.79. The number of nitrogens with zero attached hydrogens (tertiary/aromatic N) is 5. The lowest BCUT2D eigenvalue weighted by atomic mass is 10.2. The highest BCUT2D eigenvalue weighted by molar-refractivity contribution is 7.80. The van der Waals surface area contributed by atoms with E-state index in [1.807, 2.05) is 6.07 Å². The summed E-state index contributed by atoms with van der Waals surface area (Å²) in [7, 11) is 2.17. The standard InChI is InChI=1S/C15H21N5S/c1-18-7-9-19(10-8-18)12-14-16-17-15(21)20(14)11-13-5-3-2-4-6-13/h2-6H,7-12H2,1H3,(H,17,21). The van der Waals surface area contributed by atoms with E-state index in [1.54, 1.807) is 0 Å². The van der Waals surface area contributed by atoms with Crippen molar-refractivity contribution in [1.29, 1.82) is 0 Å². The van der Waals surface area contributed by atoms with Gasteiger partial charge < -0.3 is 9.47 Å². The van der Waals surface area contributed by atoms with Crippen LogP contribution in [-0.2, 0) is 13.1 Å². The molecule has 0 unspecified atom stereocenters. The van der Waals surface area contributed by atoms with Gasteiger partial charge in [0.05, 0.1) is 13.1 Å². The van der Waals surface area contributed by atoms with E-state index in [2.05, 4.69) is 68.5 Å². The molecule has 0 saturated carbocycles. The predicted octanol–water partition coefficient (Wildman–Crippen LogP) is 1.36. The lowest BCUT2D eigenvalue weighted by Crippen LogP contribution is -2.44. The highest BCUT2D eigenvalue weighted by atomic mass is 32.1. The molecule has 1 fully saturated rings. The zero-order valence-electron chi connectivity index (χ0n) is 12.3. The fourth-order valence-corrected chi connectivity index (χ4v) is 2.81. The summed E-state index contributed by atoms with van der Waals surface area (Å²) >= 11 is 4.44. The van der Waals surface area contributed by atoms with E-state index in [0.29, 0.717) is 5.16 Å². The van der Waals surface area contributed by atoms with E-state index in [4.69, 9.17) is 0 Å². The van der Waals surface area contributed by atoms with Crippen molar-refractivity contribution in [3.8, 4) is 0 Å². The Morgan fingerprint density at radius 2 is 1.71 bits per heavy atom. The van der Waals surface area contributed by atoms with Crippen LogP contribution in [0, 0.1) is 0 Å². The van der Waals surface area contributed by atoms with Crippen LogP contribution in [0.1, 0.15) is 11.4 Å². The van der Waals surface area contributed by atoms with Gasteiger partial charge in [-0.15, -0.1) is 22.8 Å². The van der Waals surface area contributed by atoms with Crippen LogP contribution in [0.2, 0.25) is 0 Å². The number of benzene rings is 1. The minimum atomic E-state index is 0.683. The number of rotatable bonds is 4. The number of piperazine rings is 1. The molecule has 2 aromatic rings. The van der Waals surface area contributed by atoms with Crippen molar-refractivity contribution in [2.75, 3.05) is 33.2 Å². The molecule has 3 rings (SSSR count). The van der Waals surface area contributed by atoms with Gasteiger partial charge in [-0.1, -0.05) is 30.3 Å². The first-order valence-corrected chi connectivity index (χ1v) is 7.73. The van der Waals surface area contributed by atoms with Gasteiger partial charge in [0.15, 0.2) is 5.16 Å². The third-order valence-corrected chi connectivity index (χ3v) is 4.28. The minimum absolute atomic E-state index is 0.683. The number of thiol groups is 1. The van der Waals surface area contributed by atoms with Crippen molar-refractivity contribution in [2.24, 2.45) is 0 Å². The summed E-state index contributed by atoms with van der Waals surface area (Å²) in [6.45, 7) is 6.00. The maximum Gasteiger partial charge on any atom is 0.188 e. The largest absolute Gasteiger partial charge is 0.304 e.